The molecule has 0 amide bonds. The van der Waals surface area contributed by atoms with Crippen molar-refractivity contribution in [3.05, 3.63) is 35.4 Å². The zero-order chi connectivity index (χ0) is 13.0. The molecule has 1 aliphatic rings. The number of hydrogen-bond donors (Lipinski definition) is 1. The van der Waals surface area contributed by atoms with Gasteiger partial charge in [0.05, 0.1) is 13.2 Å². The van der Waals surface area contributed by atoms with Gasteiger partial charge in [-0.25, -0.2) is 4.39 Å². The smallest absolute Gasteiger partial charge is 0.134 e. The second-order valence-electron chi connectivity index (χ2n) is 5.18. The zero-order valence-corrected chi connectivity index (χ0v) is 11.2. The van der Waals surface area contributed by atoms with Crippen LogP contribution in [0.5, 0.6) is 0 Å². The van der Waals surface area contributed by atoms with Crippen LogP contribution in [0, 0.1) is 0 Å². The number of hydrogen-bond acceptors (Lipinski definition) is 2. The second-order valence-corrected chi connectivity index (χ2v) is 5.18. The summed E-state index contributed by atoms with van der Waals surface area (Å²) in [6.07, 6.45) is 1.40. The molecule has 2 atom stereocenters. The SMILES string of the molecule is CCc1cccc(C(C)(F)CC2COCCN2)c1. The summed E-state index contributed by atoms with van der Waals surface area (Å²) in [5, 5.41) is 3.31. The van der Waals surface area contributed by atoms with Gasteiger partial charge in [-0.3, -0.25) is 0 Å². The highest BCUT2D eigenvalue weighted by Gasteiger charge is 2.30. The van der Waals surface area contributed by atoms with Crippen molar-refractivity contribution in [2.45, 2.75) is 38.4 Å². The third kappa shape index (κ3) is 3.30. The van der Waals surface area contributed by atoms with Crippen molar-refractivity contribution in [3.8, 4) is 0 Å². The van der Waals surface area contributed by atoms with E-state index in [4.69, 9.17) is 4.74 Å². The molecule has 1 fully saturated rings. The van der Waals surface area contributed by atoms with Crippen molar-refractivity contribution in [2.24, 2.45) is 0 Å². The van der Waals surface area contributed by atoms with Gasteiger partial charge in [-0.1, -0.05) is 31.2 Å². The van der Waals surface area contributed by atoms with Gasteiger partial charge in [0, 0.05) is 19.0 Å². The minimum absolute atomic E-state index is 0.110. The fourth-order valence-corrected chi connectivity index (χ4v) is 2.45. The molecule has 0 saturated carbocycles. The van der Waals surface area contributed by atoms with E-state index in [1.807, 2.05) is 24.3 Å². The molecule has 1 heterocycles. The molecule has 18 heavy (non-hydrogen) atoms. The van der Waals surface area contributed by atoms with Crippen LogP contribution < -0.4 is 5.32 Å². The molecule has 1 aromatic carbocycles. The highest BCUT2D eigenvalue weighted by molar-refractivity contribution is 5.28. The lowest BCUT2D eigenvalue weighted by Gasteiger charge is -2.30. The predicted molar refractivity (Wildman–Crippen MR) is 71.5 cm³/mol. The van der Waals surface area contributed by atoms with E-state index in [2.05, 4.69) is 12.2 Å². The van der Waals surface area contributed by atoms with Gasteiger partial charge in [0.15, 0.2) is 0 Å². The first-order valence-corrected chi connectivity index (χ1v) is 6.71. The Balaban J connectivity index is 2.08. The van der Waals surface area contributed by atoms with Crippen LogP contribution in [0.1, 0.15) is 31.4 Å². The van der Waals surface area contributed by atoms with Crippen molar-refractivity contribution < 1.29 is 9.13 Å². The van der Waals surface area contributed by atoms with Crippen molar-refractivity contribution >= 4 is 0 Å². The van der Waals surface area contributed by atoms with Crippen LogP contribution in [0.3, 0.4) is 0 Å². The van der Waals surface area contributed by atoms with E-state index in [1.165, 1.54) is 5.56 Å². The summed E-state index contributed by atoms with van der Waals surface area (Å²) in [6.45, 7) is 5.90. The Morgan fingerprint density at radius 3 is 3.00 bits per heavy atom. The molecule has 0 radical (unpaired) electrons. The Hall–Kier alpha value is -0.930. The van der Waals surface area contributed by atoms with Gasteiger partial charge in [-0.05, 0) is 24.5 Å². The summed E-state index contributed by atoms with van der Waals surface area (Å²) < 4.78 is 20.2. The first-order valence-electron chi connectivity index (χ1n) is 6.71. The molecule has 1 aromatic rings. The molecule has 0 aromatic heterocycles. The summed E-state index contributed by atoms with van der Waals surface area (Å²) in [5.74, 6) is 0. The van der Waals surface area contributed by atoms with E-state index in [-0.39, 0.29) is 6.04 Å². The highest BCUT2D eigenvalue weighted by atomic mass is 19.1. The minimum Gasteiger partial charge on any atom is -0.379 e. The summed E-state index contributed by atoms with van der Waals surface area (Å²) in [6, 6.07) is 7.95. The molecule has 2 rings (SSSR count). The fourth-order valence-electron chi connectivity index (χ4n) is 2.45. The number of benzene rings is 1. The summed E-state index contributed by atoms with van der Waals surface area (Å²) in [4.78, 5) is 0. The van der Waals surface area contributed by atoms with Crippen molar-refractivity contribution in [1.82, 2.24) is 5.32 Å². The van der Waals surface area contributed by atoms with Crippen LogP contribution in [0.25, 0.3) is 0 Å². The molecular formula is C15H22FNO. The Morgan fingerprint density at radius 1 is 1.50 bits per heavy atom. The van der Waals surface area contributed by atoms with Crippen LogP contribution in [0.4, 0.5) is 4.39 Å². The lowest BCUT2D eigenvalue weighted by Crippen LogP contribution is -2.44. The second kappa shape index (κ2) is 5.81. The Labute approximate surface area is 109 Å². The molecule has 0 spiro atoms. The van der Waals surface area contributed by atoms with E-state index in [0.29, 0.717) is 13.0 Å². The van der Waals surface area contributed by atoms with Gasteiger partial charge >= 0.3 is 0 Å². The molecule has 1 aliphatic heterocycles. The van der Waals surface area contributed by atoms with Crippen LogP contribution in [0.15, 0.2) is 24.3 Å². The average molecular weight is 251 g/mol. The third-order valence-corrected chi connectivity index (χ3v) is 3.57. The van der Waals surface area contributed by atoms with Gasteiger partial charge in [0.1, 0.15) is 5.67 Å². The van der Waals surface area contributed by atoms with E-state index in [9.17, 15) is 4.39 Å². The molecule has 2 nitrogen and oxygen atoms in total. The zero-order valence-electron chi connectivity index (χ0n) is 11.2. The molecule has 0 bridgehead atoms. The Morgan fingerprint density at radius 2 is 2.33 bits per heavy atom. The first-order chi connectivity index (χ1) is 8.62. The van der Waals surface area contributed by atoms with Crippen LogP contribution in [-0.2, 0) is 16.8 Å². The number of halogens is 1. The van der Waals surface area contributed by atoms with E-state index >= 15 is 0 Å². The molecule has 100 valence electrons. The molecule has 2 unspecified atom stereocenters. The standard InChI is InChI=1S/C15H22FNO/c1-3-12-5-4-6-13(9-12)15(2,16)10-14-11-18-8-7-17-14/h4-6,9,14,17H,3,7-8,10-11H2,1-2H3. The van der Waals surface area contributed by atoms with Gasteiger partial charge in [0.2, 0.25) is 0 Å². The van der Waals surface area contributed by atoms with Crippen molar-refractivity contribution in [3.63, 3.8) is 0 Å². The first kappa shape index (κ1) is 13.5. The number of nitrogens with one attached hydrogen (secondary N) is 1. The Kier molecular flexibility index (Phi) is 4.36. The highest BCUT2D eigenvalue weighted by Crippen LogP contribution is 2.31. The number of rotatable bonds is 4. The van der Waals surface area contributed by atoms with Gasteiger partial charge < -0.3 is 10.1 Å². The molecular weight excluding hydrogens is 229 g/mol. The number of morpholine rings is 1. The van der Waals surface area contributed by atoms with Crippen molar-refractivity contribution in [1.29, 1.82) is 0 Å². The van der Waals surface area contributed by atoms with Gasteiger partial charge in [-0.2, -0.15) is 0 Å². The van der Waals surface area contributed by atoms with Crippen LogP contribution in [-0.4, -0.2) is 25.8 Å². The summed E-state index contributed by atoms with van der Waals surface area (Å²) in [5.41, 5.74) is 0.655. The molecule has 0 aliphatic carbocycles. The molecule has 1 N–H and O–H groups in total. The lowest BCUT2D eigenvalue weighted by atomic mass is 9.89. The fraction of sp³-hybridized carbons (Fsp3) is 0.600. The topological polar surface area (TPSA) is 21.3 Å². The third-order valence-electron chi connectivity index (χ3n) is 3.57. The predicted octanol–water partition coefficient (Wildman–Crippen LogP) is 2.81. The summed E-state index contributed by atoms with van der Waals surface area (Å²) >= 11 is 0. The minimum atomic E-state index is -1.30. The number of aryl methyl sites for hydroxylation is 1. The normalized spacial score (nSPS) is 23.6. The molecule has 3 heteroatoms. The summed E-state index contributed by atoms with van der Waals surface area (Å²) in [7, 11) is 0. The van der Waals surface area contributed by atoms with Crippen LogP contribution in [0.2, 0.25) is 0 Å². The maximum Gasteiger partial charge on any atom is 0.134 e. The van der Waals surface area contributed by atoms with E-state index < -0.39 is 5.67 Å². The number of alkyl halides is 1. The van der Waals surface area contributed by atoms with Crippen LogP contribution >= 0.6 is 0 Å². The van der Waals surface area contributed by atoms with Gasteiger partial charge in [0.25, 0.3) is 0 Å². The lowest BCUT2D eigenvalue weighted by molar-refractivity contribution is 0.0474. The Bertz CT molecular complexity index is 386. The maximum absolute atomic E-state index is 14.8. The number of ether oxygens (including phenoxy) is 1. The van der Waals surface area contributed by atoms with E-state index in [0.717, 1.165) is 25.1 Å². The maximum atomic E-state index is 14.8. The quantitative estimate of drug-likeness (QED) is 0.888. The van der Waals surface area contributed by atoms with E-state index in [1.54, 1.807) is 6.92 Å². The van der Waals surface area contributed by atoms with Crippen molar-refractivity contribution in [2.75, 3.05) is 19.8 Å². The monoisotopic (exact) mass is 251 g/mol. The molecule has 1 saturated heterocycles. The average Bonchev–Trinajstić information content (AvgIpc) is 2.39. The largest absolute Gasteiger partial charge is 0.379 e. The van der Waals surface area contributed by atoms with Gasteiger partial charge in [-0.15, -0.1) is 0 Å².